The number of hydrogen-bond acceptors (Lipinski definition) is 12. The Labute approximate surface area is 169 Å². The third kappa shape index (κ3) is 4.85. The van der Waals surface area contributed by atoms with Crippen LogP contribution in [0.5, 0.6) is 5.75 Å². The minimum atomic E-state index is -1.67. The van der Waals surface area contributed by atoms with Crippen molar-refractivity contribution in [3.63, 3.8) is 0 Å². The zero-order valence-electron chi connectivity index (χ0n) is 15.5. The number of aliphatic hydroxyl groups excluding tert-OH is 6. The maximum absolute atomic E-state index is 10.7. The van der Waals surface area contributed by atoms with Crippen molar-refractivity contribution in [2.24, 2.45) is 0 Å². The number of non-ortho nitro benzene ring substituents is 1. The second kappa shape index (κ2) is 9.47. The fourth-order valence-corrected chi connectivity index (χ4v) is 3.05. The molecule has 3 rings (SSSR count). The molecule has 2 aliphatic rings. The molecular weight excluding hydrogens is 410 g/mol. The molecule has 13 nitrogen and oxygen atoms in total. The van der Waals surface area contributed by atoms with Gasteiger partial charge in [0.25, 0.3) is 5.69 Å². The summed E-state index contributed by atoms with van der Waals surface area (Å²) in [5.74, 6) is 0.107. The summed E-state index contributed by atoms with van der Waals surface area (Å²) in [6.07, 6.45) is -13.2. The Hall–Kier alpha value is -1.94. The van der Waals surface area contributed by atoms with Gasteiger partial charge >= 0.3 is 0 Å². The molecule has 168 valence electrons. The summed E-state index contributed by atoms with van der Waals surface area (Å²) in [6, 6.07) is 4.90. The largest absolute Gasteiger partial charge is 0.462 e. The van der Waals surface area contributed by atoms with Gasteiger partial charge in [0.1, 0.15) is 48.5 Å². The second-order valence-electron chi connectivity index (χ2n) is 6.97. The van der Waals surface area contributed by atoms with Gasteiger partial charge in [0.15, 0.2) is 6.29 Å². The molecule has 2 fully saturated rings. The van der Waals surface area contributed by atoms with E-state index in [0.29, 0.717) is 0 Å². The van der Waals surface area contributed by atoms with Crippen molar-refractivity contribution in [3.8, 4) is 5.75 Å². The third-order valence-corrected chi connectivity index (χ3v) is 4.85. The van der Waals surface area contributed by atoms with Crippen LogP contribution in [0.2, 0.25) is 0 Å². The number of benzene rings is 1. The van der Waals surface area contributed by atoms with Crippen molar-refractivity contribution in [2.45, 2.75) is 55.3 Å². The Morgan fingerprint density at radius 3 is 2.20 bits per heavy atom. The van der Waals surface area contributed by atoms with Crippen LogP contribution in [0.4, 0.5) is 5.69 Å². The maximum atomic E-state index is 10.7. The minimum absolute atomic E-state index is 0.107. The molecule has 1 aromatic carbocycles. The molecule has 30 heavy (non-hydrogen) atoms. The van der Waals surface area contributed by atoms with Gasteiger partial charge in [-0.25, -0.2) is 0 Å². The molecule has 0 radical (unpaired) electrons. The monoisotopic (exact) mass is 433 g/mol. The lowest BCUT2D eigenvalue weighted by molar-refractivity contribution is -0.384. The van der Waals surface area contributed by atoms with Crippen LogP contribution in [0.25, 0.3) is 0 Å². The van der Waals surface area contributed by atoms with Gasteiger partial charge < -0.3 is 49.6 Å². The normalized spacial score (nSPS) is 39.5. The Kier molecular flexibility index (Phi) is 7.18. The first-order valence-electron chi connectivity index (χ1n) is 9.07. The highest BCUT2D eigenvalue weighted by Gasteiger charge is 2.46. The number of hydrogen-bond donors (Lipinski definition) is 6. The Bertz CT molecular complexity index is 717. The van der Waals surface area contributed by atoms with E-state index in [-0.39, 0.29) is 18.0 Å². The molecule has 0 aromatic heterocycles. The molecule has 2 heterocycles. The molecule has 2 aliphatic heterocycles. The molecule has 0 bridgehead atoms. The van der Waals surface area contributed by atoms with Crippen molar-refractivity contribution in [2.75, 3.05) is 13.2 Å². The van der Waals surface area contributed by atoms with Crippen LogP contribution in [0.3, 0.4) is 0 Å². The molecule has 9 atom stereocenters. The summed E-state index contributed by atoms with van der Waals surface area (Å²) >= 11 is 0. The first kappa shape index (κ1) is 22.7. The highest BCUT2D eigenvalue weighted by atomic mass is 16.7. The quantitative estimate of drug-likeness (QED) is 0.200. The van der Waals surface area contributed by atoms with Crippen molar-refractivity contribution >= 4 is 5.69 Å². The van der Waals surface area contributed by atoms with E-state index in [1.165, 1.54) is 24.3 Å². The van der Waals surface area contributed by atoms with E-state index >= 15 is 0 Å². The molecule has 0 spiro atoms. The number of rotatable bonds is 6. The molecule has 13 heteroatoms. The van der Waals surface area contributed by atoms with Crippen LogP contribution < -0.4 is 4.74 Å². The summed E-state index contributed by atoms with van der Waals surface area (Å²) in [6.45, 7) is -0.709. The van der Waals surface area contributed by atoms with Crippen LogP contribution in [0, 0.1) is 10.1 Å². The predicted octanol–water partition coefficient (Wildman–Crippen LogP) is -2.76. The summed E-state index contributed by atoms with van der Waals surface area (Å²) in [5.41, 5.74) is -0.174. The molecule has 0 aliphatic carbocycles. The van der Waals surface area contributed by atoms with Crippen LogP contribution in [-0.2, 0) is 14.2 Å². The number of nitrogens with zero attached hydrogens (tertiary/aromatic N) is 1. The average Bonchev–Trinajstić information content (AvgIpc) is 2.73. The van der Waals surface area contributed by atoms with Crippen LogP contribution in [0.1, 0.15) is 0 Å². The van der Waals surface area contributed by atoms with Gasteiger partial charge in [-0.3, -0.25) is 10.1 Å². The Morgan fingerprint density at radius 1 is 0.933 bits per heavy atom. The fraction of sp³-hybridized carbons (Fsp3) is 0.647. The third-order valence-electron chi connectivity index (χ3n) is 4.85. The van der Waals surface area contributed by atoms with Gasteiger partial charge in [-0.2, -0.15) is 0 Å². The van der Waals surface area contributed by atoms with Gasteiger partial charge in [0, 0.05) is 12.1 Å². The molecular formula is C17H23NO12. The van der Waals surface area contributed by atoms with Gasteiger partial charge in [0.2, 0.25) is 6.29 Å². The number of ether oxygens (including phenoxy) is 4. The van der Waals surface area contributed by atoms with Gasteiger partial charge in [-0.15, -0.1) is 0 Å². The van der Waals surface area contributed by atoms with Gasteiger partial charge in [0.05, 0.1) is 18.1 Å². The molecule has 2 saturated heterocycles. The lowest BCUT2D eigenvalue weighted by Crippen LogP contribution is -2.61. The van der Waals surface area contributed by atoms with Crippen molar-refractivity contribution < 1.29 is 54.5 Å². The number of nitro benzene ring substituents is 1. The second-order valence-corrected chi connectivity index (χ2v) is 6.97. The van der Waals surface area contributed by atoms with Crippen molar-refractivity contribution in [1.82, 2.24) is 0 Å². The average molecular weight is 433 g/mol. The summed E-state index contributed by atoms with van der Waals surface area (Å²) in [5, 5.41) is 70.0. The van der Waals surface area contributed by atoms with Gasteiger partial charge in [-0.05, 0) is 12.1 Å². The first-order chi connectivity index (χ1) is 14.2. The van der Waals surface area contributed by atoms with Crippen molar-refractivity contribution in [1.29, 1.82) is 0 Å². The smallest absolute Gasteiger partial charge is 0.269 e. The molecule has 0 unspecified atom stereocenters. The molecule has 1 aromatic rings. The van der Waals surface area contributed by atoms with E-state index in [1.807, 2.05) is 0 Å². The predicted molar refractivity (Wildman–Crippen MR) is 94.1 cm³/mol. The SMILES string of the molecule is O=[N+]([O-])c1ccc(O[C@@H]2O[C@H](CO[C@H]3OC[C@@H](O)[C@H](O)[C@H]3O)[C@@H](O)[C@H](O)[C@H]2O)cc1. The zero-order chi connectivity index (χ0) is 22.0. The molecule has 0 saturated carbocycles. The minimum Gasteiger partial charge on any atom is -0.462 e. The summed E-state index contributed by atoms with van der Waals surface area (Å²) < 4.78 is 21.2. The fourth-order valence-electron chi connectivity index (χ4n) is 3.05. The summed E-state index contributed by atoms with van der Waals surface area (Å²) in [4.78, 5) is 10.1. The topological polar surface area (TPSA) is 201 Å². The van der Waals surface area contributed by atoms with E-state index in [4.69, 9.17) is 18.9 Å². The van der Waals surface area contributed by atoms with E-state index in [1.54, 1.807) is 0 Å². The maximum Gasteiger partial charge on any atom is 0.269 e. The molecule has 0 amide bonds. The number of nitro groups is 1. The number of aliphatic hydroxyl groups is 6. The highest BCUT2D eigenvalue weighted by Crippen LogP contribution is 2.27. The zero-order valence-corrected chi connectivity index (χ0v) is 15.5. The Balaban J connectivity index is 1.62. The molecule has 6 N–H and O–H groups in total. The van der Waals surface area contributed by atoms with Crippen LogP contribution in [-0.4, -0.2) is 104 Å². The summed E-state index contributed by atoms with van der Waals surface area (Å²) in [7, 11) is 0. The van der Waals surface area contributed by atoms with Gasteiger partial charge in [-0.1, -0.05) is 0 Å². The lowest BCUT2D eigenvalue weighted by Gasteiger charge is -2.41. The lowest BCUT2D eigenvalue weighted by atomic mass is 9.99. The van der Waals surface area contributed by atoms with E-state index in [0.717, 1.165) is 0 Å². The van der Waals surface area contributed by atoms with Crippen molar-refractivity contribution in [3.05, 3.63) is 34.4 Å². The Morgan fingerprint density at radius 2 is 1.57 bits per heavy atom. The highest BCUT2D eigenvalue weighted by molar-refractivity contribution is 5.36. The van der Waals surface area contributed by atoms with E-state index < -0.39 is 66.8 Å². The van der Waals surface area contributed by atoms with Crippen LogP contribution in [0.15, 0.2) is 24.3 Å². The first-order valence-corrected chi connectivity index (χ1v) is 9.07. The van der Waals surface area contributed by atoms with E-state index in [2.05, 4.69) is 0 Å². The van der Waals surface area contributed by atoms with Crippen LogP contribution >= 0.6 is 0 Å². The standard InChI is InChI=1S/C17H23NO12/c19-9-5-27-16(14(23)11(9)20)28-6-10-12(21)13(22)15(24)17(30-10)29-8-3-1-7(2-4-8)18(25)26/h1-4,9-17,19-24H,5-6H2/t9-,10-,11+,12-,13+,14-,15-,16-,17-/m1/s1. The van der Waals surface area contributed by atoms with E-state index in [9.17, 15) is 40.8 Å².